The van der Waals surface area contributed by atoms with Gasteiger partial charge in [-0.25, -0.2) is 0 Å². The van der Waals surface area contributed by atoms with Gasteiger partial charge in [0.25, 0.3) is 0 Å². The molecule has 0 saturated heterocycles. The van der Waals surface area contributed by atoms with E-state index in [0.29, 0.717) is 17.5 Å². The predicted molar refractivity (Wildman–Crippen MR) is 132 cm³/mol. The fourth-order valence-electron chi connectivity index (χ4n) is 3.91. The highest BCUT2D eigenvalue weighted by Gasteiger charge is 2.20. The van der Waals surface area contributed by atoms with Gasteiger partial charge in [-0.1, -0.05) is 31.7 Å². The molecule has 2 N–H and O–H groups in total. The molecule has 0 fully saturated rings. The summed E-state index contributed by atoms with van der Waals surface area (Å²) >= 11 is 1.39. The minimum absolute atomic E-state index is 0.0565. The Bertz CT molecular complexity index is 1180. The average Bonchev–Trinajstić information content (AvgIpc) is 3.26. The zero-order valence-electron chi connectivity index (χ0n) is 20.3. The van der Waals surface area contributed by atoms with Crippen molar-refractivity contribution in [2.24, 2.45) is 11.7 Å². The van der Waals surface area contributed by atoms with Crippen molar-refractivity contribution >= 4 is 23.5 Å². The summed E-state index contributed by atoms with van der Waals surface area (Å²) in [5, 5.41) is 9.24. The minimum atomic E-state index is -0.363. The Balaban J connectivity index is 1.80. The molecule has 2 aromatic heterocycles. The number of primary amides is 1. The molecule has 0 bridgehead atoms. The van der Waals surface area contributed by atoms with Gasteiger partial charge in [-0.15, -0.1) is 10.2 Å². The number of aryl methyl sites for hydroxylation is 4. The zero-order valence-corrected chi connectivity index (χ0v) is 21.1. The van der Waals surface area contributed by atoms with Crippen LogP contribution in [0.2, 0.25) is 0 Å². The SMILES string of the molecule is Cc1ccc(-n2c(C)cc(C(=O)CSc3nnc(CCC(N)=O)n3CC(C)C)c2C)cc1C. The molecule has 1 amide bonds. The summed E-state index contributed by atoms with van der Waals surface area (Å²) in [5.41, 5.74) is 11.5. The van der Waals surface area contributed by atoms with Crippen LogP contribution in [-0.4, -0.2) is 36.8 Å². The summed E-state index contributed by atoms with van der Waals surface area (Å²) in [4.78, 5) is 24.4. The first-order valence-corrected chi connectivity index (χ1v) is 12.2. The quantitative estimate of drug-likeness (QED) is 0.353. The lowest BCUT2D eigenvalue weighted by Crippen LogP contribution is -2.15. The lowest BCUT2D eigenvalue weighted by atomic mass is 10.1. The van der Waals surface area contributed by atoms with E-state index in [1.165, 1.54) is 22.9 Å². The van der Waals surface area contributed by atoms with Crippen LogP contribution < -0.4 is 5.73 Å². The van der Waals surface area contributed by atoms with Crippen LogP contribution in [0.25, 0.3) is 5.69 Å². The van der Waals surface area contributed by atoms with Crippen molar-refractivity contribution in [2.45, 2.75) is 66.1 Å². The highest BCUT2D eigenvalue weighted by molar-refractivity contribution is 7.99. The summed E-state index contributed by atoms with van der Waals surface area (Å²) in [5.74, 6) is 1.06. The van der Waals surface area contributed by atoms with Crippen molar-refractivity contribution in [1.29, 1.82) is 0 Å². The van der Waals surface area contributed by atoms with Gasteiger partial charge < -0.3 is 14.9 Å². The first kappa shape index (κ1) is 24.8. The smallest absolute Gasteiger partial charge is 0.217 e. The monoisotopic (exact) mass is 467 g/mol. The van der Waals surface area contributed by atoms with Crippen molar-refractivity contribution in [3.8, 4) is 5.69 Å². The highest BCUT2D eigenvalue weighted by Crippen LogP contribution is 2.26. The lowest BCUT2D eigenvalue weighted by Gasteiger charge is -2.12. The third-order valence-electron chi connectivity index (χ3n) is 5.75. The number of hydrogen-bond acceptors (Lipinski definition) is 5. The molecular weight excluding hydrogens is 434 g/mol. The van der Waals surface area contributed by atoms with Gasteiger partial charge in [-0.05, 0) is 62.9 Å². The molecule has 0 atom stereocenters. The molecule has 0 unspecified atom stereocenters. The standard InChI is InChI=1S/C25H33N5O2S/c1-15(2)13-29-24(10-9-23(26)32)27-28-25(29)33-14-22(31)21-12-18(5)30(19(21)6)20-8-7-16(3)17(4)11-20/h7-8,11-12,15H,9-10,13-14H2,1-6H3,(H2,26,32). The molecule has 0 aliphatic carbocycles. The van der Waals surface area contributed by atoms with Crippen LogP contribution in [-0.2, 0) is 17.8 Å². The number of carbonyl (C=O) groups is 2. The summed E-state index contributed by atoms with van der Waals surface area (Å²) < 4.78 is 4.14. The van der Waals surface area contributed by atoms with Crippen LogP contribution in [0, 0.1) is 33.6 Å². The summed E-state index contributed by atoms with van der Waals surface area (Å²) in [6.07, 6.45) is 0.672. The predicted octanol–water partition coefficient (Wildman–Crippen LogP) is 4.35. The third-order valence-corrected chi connectivity index (χ3v) is 6.72. The molecule has 0 aliphatic heterocycles. The normalized spacial score (nSPS) is 11.4. The Morgan fingerprint density at radius 1 is 1.06 bits per heavy atom. The van der Waals surface area contributed by atoms with Crippen molar-refractivity contribution < 1.29 is 9.59 Å². The van der Waals surface area contributed by atoms with Gasteiger partial charge in [-0.3, -0.25) is 9.59 Å². The molecule has 33 heavy (non-hydrogen) atoms. The fourth-order valence-corrected chi connectivity index (χ4v) is 4.76. The van der Waals surface area contributed by atoms with E-state index in [1.54, 1.807) is 0 Å². The second-order valence-corrected chi connectivity index (χ2v) is 9.91. The van der Waals surface area contributed by atoms with E-state index in [4.69, 9.17) is 5.73 Å². The number of nitrogens with zero attached hydrogens (tertiary/aromatic N) is 4. The van der Waals surface area contributed by atoms with E-state index in [0.717, 1.165) is 35.0 Å². The molecule has 176 valence electrons. The van der Waals surface area contributed by atoms with Crippen LogP contribution >= 0.6 is 11.8 Å². The molecule has 3 rings (SSSR count). The first-order valence-electron chi connectivity index (χ1n) is 11.2. The van der Waals surface area contributed by atoms with Gasteiger partial charge in [0.1, 0.15) is 5.82 Å². The summed E-state index contributed by atoms with van der Waals surface area (Å²) in [6, 6.07) is 8.32. The van der Waals surface area contributed by atoms with Crippen molar-refractivity contribution in [3.05, 3.63) is 58.2 Å². The van der Waals surface area contributed by atoms with Gasteiger partial charge in [0.2, 0.25) is 5.91 Å². The highest BCUT2D eigenvalue weighted by atomic mass is 32.2. The van der Waals surface area contributed by atoms with Gasteiger partial charge in [0, 0.05) is 42.0 Å². The molecular formula is C25H33N5O2S. The molecule has 2 heterocycles. The van der Waals surface area contributed by atoms with E-state index in [2.05, 4.69) is 60.7 Å². The van der Waals surface area contributed by atoms with Crippen LogP contribution in [0.1, 0.15) is 59.0 Å². The average molecular weight is 468 g/mol. The number of benzene rings is 1. The van der Waals surface area contributed by atoms with Crippen molar-refractivity contribution in [2.75, 3.05) is 5.75 Å². The number of carbonyl (C=O) groups excluding carboxylic acids is 2. The fraction of sp³-hybridized carbons (Fsp3) is 0.440. The molecule has 0 saturated carbocycles. The maximum atomic E-state index is 13.2. The Hall–Kier alpha value is -2.87. The molecule has 8 heteroatoms. The van der Waals surface area contributed by atoms with E-state index in [-0.39, 0.29) is 23.9 Å². The molecule has 3 aromatic rings. The van der Waals surface area contributed by atoms with Crippen LogP contribution in [0.3, 0.4) is 0 Å². The van der Waals surface area contributed by atoms with Gasteiger partial charge in [-0.2, -0.15) is 0 Å². The van der Waals surface area contributed by atoms with E-state index in [1.807, 2.05) is 24.5 Å². The Labute approximate surface area is 199 Å². The number of hydrogen-bond donors (Lipinski definition) is 1. The third kappa shape index (κ3) is 5.74. The van der Waals surface area contributed by atoms with Gasteiger partial charge in [0.15, 0.2) is 10.9 Å². The number of rotatable bonds is 10. The first-order chi connectivity index (χ1) is 15.6. The number of nitrogens with two attached hydrogens (primary N) is 1. The number of thioether (sulfide) groups is 1. The number of ketones is 1. The molecule has 1 aromatic carbocycles. The van der Waals surface area contributed by atoms with Crippen LogP contribution in [0.4, 0.5) is 0 Å². The molecule has 0 radical (unpaired) electrons. The maximum Gasteiger partial charge on any atom is 0.217 e. The largest absolute Gasteiger partial charge is 0.370 e. The number of amides is 1. The molecule has 7 nitrogen and oxygen atoms in total. The van der Waals surface area contributed by atoms with Crippen molar-refractivity contribution in [3.63, 3.8) is 0 Å². The molecule has 0 spiro atoms. The van der Waals surface area contributed by atoms with Crippen LogP contribution in [0.15, 0.2) is 29.4 Å². The maximum absolute atomic E-state index is 13.2. The second kappa shape index (κ2) is 10.4. The van der Waals surface area contributed by atoms with Crippen molar-refractivity contribution in [1.82, 2.24) is 19.3 Å². The number of Topliss-reactive ketones (excluding diaryl/α,β-unsaturated/α-hetero) is 1. The zero-order chi connectivity index (χ0) is 24.3. The Morgan fingerprint density at radius 3 is 2.42 bits per heavy atom. The second-order valence-electron chi connectivity index (χ2n) is 8.97. The summed E-state index contributed by atoms with van der Waals surface area (Å²) in [6.45, 7) is 13.1. The Morgan fingerprint density at radius 2 is 1.79 bits per heavy atom. The van der Waals surface area contributed by atoms with E-state index in [9.17, 15) is 9.59 Å². The van der Waals surface area contributed by atoms with Crippen LogP contribution in [0.5, 0.6) is 0 Å². The minimum Gasteiger partial charge on any atom is -0.370 e. The van der Waals surface area contributed by atoms with E-state index < -0.39 is 0 Å². The van der Waals surface area contributed by atoms with E-state index >= 15 is 0 Å². The topological polar surface area (TPSA) is 95.8 Å². The summed E-state index contributed by atoms with van der Waals surface area (Å²) in [7, 11) is 0. The van der Waals surface area contributed by atoms with Gasteiger partial charge in [0.05, 0.1) is 5.75 Å². The number of aromatic nitrogens is 4. The Kier molecular flexibility index (Phi) is 7.79. The lowest BCUT2D eigenvalue weighted by molar-refractivity contribution is -0.118. The van der Waals surface area contributed by atoms with Gasteiger partial charge >= 0.3 is 0 Å². The molecule has 0 aliphatic rings.